The summed E-state index contributed by atoms with van der Waals surface area (Å²) >= 11 is 3.02. The van der Waals surface area contributed by atoms with E-state index in [1.165, 1.54) is 12.1 Å². The van der Waals surface area contributed by atoms with Gasteiger partial charge in [0.2, 0.25) is 0 Å². The van der Waals surface area contributed by atoms with Gasteiger partial charge in [-0.25, -0.2) is 9.93 Å². The van der Waals surface area contributed by atoms with Gasteiger partial charge in [0.05, 0.1) is 11.3 Å². The van der Waals surface area contributed by atoms with Crippen LogP contribution in [-0.2, 0) is 10.2 Å². The molecule has 0 atom stereocenters. The minimum atomic E-state index is -3.89. The first kappa shape index (κ1) is 12.0. The topological polar surface area (TPSA) is 109 Å². The third-order valence-electron chi connectivity index (χ3n) is 1.46. The molecule has 0 saturated heterocycles. The Hall–Kier alpha value is -1.12. The SMILES string of the molecule is NS(=O)(=O)Nc1ccc(Br)c(C(=O)O)c1. The van der Waals surface area contributed by atoms with Gasteiger partial charge in [-0.15, -0.1) is 0 Å². The third kappa shape index (κ3) is 3.50. The molecular weight excluding hydrogens is 288 g/mol. The minimum absolute atomic E-state index is 0.0522. The molecule has 1 aromatic carbocycles. The molecule has 8 heteroatoms. The van der Waals surface area contributed by atoms with Gasteiger partial charge in [-0.05, 0) is 34.1 Å². The highest BCUT2D eigenvalue weighted by Gasteiger charge is 2.10. The van der Waals surface area contributed by atoms with E-state index in [2.05, 4.69) is 15.9 Å². The Morgan fingerprint density at radius 2 is 2.07 bits per heavy atom. The van der Waals surface area contributed by atoms with Crippen LogP contribution in [0.25, 0.3) is 0 Å². The summed E-state index contributed by atoms with van der Waals surface area (Å²) in [5.74, 6) is -1.17. The molecule has 1 rings (SSSR count). The van der Waals surface area contributed by atoms with Gasteiger partial charge in [0.1, 0.15) is 0 Å². The predicted molar refractivity (Wildman–Crippen MR) is 57.8 cm³/mol. The highest BCUT2D eigenvalue weighted by molar-refractivity contribution is 9.10. The van der Waals surface area contributed by atoms with E-state index >= 15 is 0 Å². The van der Waals surface area contributed by atoms with Crippen LogP contribution in [0.3, 0.4) is 0 Å². The van der Waals surface area contributed by atoms with Crippen molar-refractivity contribution in [1.29, 1.82) is 0 Å². The highest BCUT2D eigenvalue weighted by atomic mass is 79.9. The van der Waals surface area contributed by atoms with Gasteiger partial charge < -0.3 is 5.11 Å². The maximum absolute atomic E-state index is 10.7. The van der Waals surface area contributed by atoms with Crippen LogP contribution in [0.5, 0.6) is 0 Å². The van der Waals surface area contributed by atoms with Crippen LogP contribution in [0.4, 0.5) is 5.69 Å². The molecule has 82 valence electrons. The standard InChI is InChI=1S/C7H7BrN2O4S/c8-6-2-1-4(10-15(9,13)14)3-5(6)7(11)12/h1-3,10H,(H,11,12)(H2,9,13,14). The molecular formula is C7H7BrN2O4S. The average Bonchev–Trinajstić information content (AvgIpc) is 2.05. The number of halogens is 1. The summed E-state index contributed by atoms with van der Waals surface area (Å²) in [7, 11) is -3.89. The van der Waals surface area contributed by atoms with E-state index in [0.717, 1.165) is 6.07 Å². The average molecular weight is 295 g/mol. The van der Waals surface area contributed by atoms with Crippen molar-refractivity contribution in [2.24, 2.45) is 5.14 Å². The highest BCUT2D eigenvalue weighted by Crippen LogP contribution is 2.21. The maximum atomic E-state index is 10.7. The van der Waals surface area contributed by atoms with E-state index in [1.54, 1.807) is 0 Å². The van der Waals surface area contributed by atoms with E-state index in [9.17, 15) is 13.2 Å². The summed E-state index contributed by atoms with van der Waals surface area (Å²) in [6, 6.07) is 3.97. The Balaban J connectivity index is 3.14. The van der Waals surface area contributed by atoms with Gasteiger partial charge in [-0.2, -0.15) is 8.42 Å². The summed E-state index contributed by atoms with van der Waals surface area (Å²) in [6.45, 7) is 0. The van der Waals surface area contributed by atoms with Crippen molar-refractivity contribution in [3.63, 3.8) is 0 Å². The molecule has 0 aromatic heterocycles. The number of hydrogen-bond donors (Lipinski definition) is 3. The molecule has 0 spiro atoms. The van der Waals surface area contributed by atoms with Crippen LogP contribution in [-0.4, -0.2) is 19.5 Å². The van der Waals surface area contributed by atoms with Crippen LogP contribution < -0.4 is 9.86 Å². The lowest BCUT2D eigenvalue weighted by atomic mass is 10.2. The normalized spacial score (nSPS) is 11.1. The molecule has 1 aromatic rings. The maximum Gasteiger partial charge on any atom is 0.336 e. The molecule has 0 saturated carbocycles. The lowest BCUT2D eigenvalue weighted by Gasteiger charge is -2.05. The lowest BCUT2D eigenvalue weighted by molar-refractivity contribution is 0.0696. The van der Waals surface area contributed by atoms with E-state index in [1.807, 2.05) is 4.72 Å². The minimum Gasteiger partial charge on any atom is -0.478 e. The molecule has 0 aliphatic rings. The molecule has 6 nitrogen and oxygen atoms in total. The van der Waals surface area contributed by atoms with Crippen LogP contribution in [0.2, 0.25) is 0 Å². The first-order valence-electron chi connectivity index (χ1n) is 3.63. The summed E-state index contributed by atoms with van der Waals surface area (Å²) in [5, 5.41) is 13.5. The van der Waals surface area contributed by atoms with Gasteiger partial charge >= 0.3 is 5.97 Å². The van der Waals surface area contributed by atoms with Crippen LogP contribution in [0.1, 0.15) is 10.4 Å². The number of anilines is 1. The first-order chi connectivity index (χ1) is 6.79. The smallest absolute Gasteiger partial charge is 0.336 e. The second kappa shape index (κ2) is 4.17. The van der Waals surface area contributed by atoms with Crippen molar-refractivity contribution in [2.75, 3.05) is 4.72 Å². The van der Waals surface area contributed by atoms with Gasteiger partial charge in [0.15, 0.2) is 0 Å². The number of benzene rings is 1. The number of rotatable bonds is 3. The van der Waals surface area contributed by atoms with Gasteiger partial charge in [-0.3, -0.25) is 4.72 Å². The van der Waals surface area contributed by atoms with E-state index < -0.39 is 16.2 Å². The van der Waals surface area contributed by atoms with E-state index in [-0.39, 0.29) is 11.3 Å². The van der Waals surface area contributed by atoms with Gasteiger partial charge in [-0.1, -0.05) is 0 Å². The van der Waals surface area contributed by atoms with Crippen LogP contribution in [0.15, 0.2) is 22.7 Å². The number of aromatic carboxylic acids is 1. The molecule has 0 radical (unpaired) electrons. The largest absolute Gasteiger partial charge is 0.478 e. The number of nitrogens with two attached hydrogens (primary N) is 1. The molecule has 4 N–H and O–H groups in total. The summed E-state index contributed by atoms with van der Waals surface area (Å²) < 4.78 is 23.7. The third-order valence-corrected chi connectivity index (χ3v) is 2.67. The second-order valence-electron chi connectivity index (χ2n) is 2.65. The fourth-order valence-corrected chi connectivity index (χ4v) is 1.79. The van der Waals surface area contributed by atoms with Crippen molar-refractivity contribution in [1.82, 2.24) is 0 Å². The number of carbonyl (C=O) groups is 1. The molecule has 0 aliphatic carbocycles. The first-order valence-corrected chi connectivity index (χ1v) is 5.97. The van der Waals surface area contributed by atoms with Gasteiger partial charge in [0, 0.05) is 4.47 Å². The van der Waals surface area contributed by atoms with E-state index in [4.69, 9.17) is 10.2 Å². The molecule has 0 unspecified atom stereocenters. The monoisotopic (exact) mass is 294 g/mol. The molecule has 15 heavy (non-hydrogen) atoms. The van der Waals surface area contributed by atoms with Crippen molar-refractivity contribution in [2.45, 2.75) is 0 Å². The lowest BCUT2D eigenvalue weighted by Crippen LogP contribution is -2.21. The van der Waals surface area contributed by atoms with Crippen LogP contribution >= 0.6 is 15.9 Å². The van der Waals surface area contributed by atoms with Crippen molar-refractivity contribution in [3.8, 4) is 0 Å². The summed E-state index contributed by atoms with van der Waals surface area (Å²) in [6.07, 6.45) is 0. The zero-order valence-corrected chi connectivity index (χ0v) is 9.67. The predicted octanol–water partition coefficient (Wildman–Crippen LogP) is 0.763. The number of carboxylic acids is 1. The Labute approximate surface area is 94.4 Å². The zero-order chi connectivity index (χ0) is 11.6. The summed E-state index contributed by atoms with van der Waals surface area (Å²) in [4.78, 5) is 10.7. The second-order valence-corrected chi connectivity index (χ2v) is 4.80. The molecule has 0 bridgehead atoms. The fraction of sp³-hybridized carbons (Fsp3) is 0. The Kier molecular flexibility index (Phi) is 3.32. The van der Waals surface area contributed by atoms with Crippen molar-refractivity contribution < 1.29 is 18.3 Å². The van der Waals surface area contributed by atoms with Crippen molar-refractivity contribution >= 4 is 37.8 Å². The number of nitrogens with one attached hydrogen (secondary N) is 1. The quantitative estimate of drug-likeness (QED) is 0.764. The van der Waals surface area contributed by atoms with Crippen LogP contribution in [0, 0.1) is 0 Å². The number of carboxylic acid groups (broad SMARTS) is 1. The Morgan fingerprint density at radius 1 is 1.47 bits per heavy atom. The zero-order valence-electron chi connectivity index (χ0n) is 7.27. The molecule has 0 amide bonds. The molecule has 0 fully saturated rings. The fourth-order valence-electron chi connectivity index (χ4n) is 0.917. The van der Waals surface area contributed by atoms with Crippen molar-refractivity contribution in [3.05, 3.63) is 28.2 Å². The molecule has 0 aliphatic heterocycles. The number of hydrogen-bond acceptors (Lipinski definition) is 3. The van der Waals surface area contributed by atoms with Gasteiger partial charge in [0.25, 0.3) is 10.2 Å². The Morgan fingerprint density at radius 3 is 2.53 bits per heavy atom. The Bertz CT molecular complexity index is 500. The van der Waals surface area contributed by atoms with E-state index in [0.29, 0.717) is 4.47 Å². The summed E-state index contributed by atoms with van der Waals surface area (Å²) in [5.41, 5.74) is 0.0433. The molecule has 0 heterocycles.